The van der Waals surface area contributed by atoms with Gasteiger partial charge in [-0.05, 0) is 30.9 Å². The van der Waals surface area contributed by atoms with E-state index in [2.05, 4.69) is 27.8 Å². The molecular weight excluding hydrogens is 248 g/mol. The van der Waals surface area contributed by atoms with Gasteiger partial charge in [0.1, 0.15) is 12.4 Å². The van der Waals surface area contributed by atoms with E-state index in [9.17, 15) is 5.11 Å². The molecule has 0 radical (unpaired) electrons. The smallest absolute Gasteiger partial charge is 0.135 e. The standard InChI is InChI=1S/C17H22N2O/c20-13-17-18-15-10-4-5-11-16(15)19(17)12-6-9-14-7-2-1-3-8-14/h4-6,9-11,14,20H,1-3,7-8,12-13H2/b9-6+. The maximum absolute atomic E-state index is 9.46. The molecule has 3 nitrogen and oxygen atoms in total. The molecule has 3 heteroatoms. The first-order valence-electron chi connectivity index (χ1n) is 7.60. The number of aromatic nitrogens is 2. The van der Waals surface area contributed by atoms with Crippen molar-refractivity contribution in [3.8, 4) is 0 Å². The summed E-state index contributed by atoms with van der Waals surface area (Å²) in [5.74, 6) is 1.50. The van der Waals surface area contributed by atoms with Crippen LogP contribution in [0.15, 0.2) is 36.4 Å². The van der Waals surface area contributed by atoms with Gasteiger partial charge >= 0.3 is 0 Å². The number of aliphatic hydroxyl groups excluding tert-OH is 1. The van der Waals surface area contributed by atoms with Gasteiger partial charge in [0.25, 0.3) is 0 Å². The van der Waals surface area contributed by atoms with Crippen molar-refractivity contribution in [1.82, 2.24) is 9.55 Å². The zero-order chi connectivity index (χ0) is 13.8. The number of aliphatic hydroxyl groups is 1. The molecule has 1 fully saturated rings. The third-order valence-electron chi connectivity index (χ3n) is 4.22. The van der Waals surface area contributed by atoms with Gasteiger partial charge in [0, 0.05) is 6.54 Å². The van der Waals surface area contributed by atoms with Crippen molar-refractivity contribution in [2.75, 3.05) is 0 Å². The highest BCUT2D eigenvalue weighted by molar-refractivity contribution is 5.75. The van der Waals surface area contributed by atoms with E-state index in [4.69, 9.17) is 0 Å². The van der Waals surface area contributed by atoms with Crippen LogP contribution >= 0.6 is 0 Å². The molecule has 20 heavy (non-hydrogen) atoms. The van der Waals surface area contributed by atoms with E-state index >= 15 is 0 Å². The molecule has 1 aliphatic rings. The Balaban J connectivity index is 1.77. The van der Waals surface area contributed by atoms with Crippen molar-refractivity contribution in [2.45, 2.75) is 45.3 Å². The highest BCUT2D eigenvalue weighted by Gasteiger charge is 2.10. The monoisotopic (exact) mass is 270 g/mol. The molecule has 0 saturated heterocycles. The highest BCUT2D eigenvalue weighted by Crippen LogP contribution is 2.24. The minimum atomic E-state index is -0.00799. The van der Waals surface area contributed by atoms with Gasteiger partial charge in [-0.15, -0.1) is 0 Å². The summed E-state index contributed by atoms with van der Waals surface area (Å²) in [5.41, 5.74) is 2.06. The van der Waals surface area contributed by atoms with Crippen molar-refractivity contribution in [3.63, 3.8) is 0 Å². The first-order chi connectivity index (χ1) is 9.88. The van der Waals surface area contributed by atoms with Crippen molar-refractivity contribution in [1.29, 1.82) is 0 Å². The van der Waals surface area contributed by atoms with Gasteiger partial charge < -0.3 is 9.67 Å². The second-order valence-corrected chi connectivity index (χ2v) is 5.61. The molecule has 1 aliphatic carbocycles. The minimum absolute atomic E-state index is 0.00799. The summed E-state index contributed by atoms with van der Waals surface area (Å²) in [4.78, 5) is 4.48. The lowest BCUT2D eigenvalue weighted by Gasteiger charge is -2.17. The molecule has 0 amide bonds. The van der Waals surface area contributed by atoms with Gasteiger partial charge in [-0.1, -0.05) is 43.5 Å². The molecule has 0 spiro atoms. The Morgan fingerprint density at radius 2 is 2.00 bits per heavy atom. The van der Waals surface area contributed by atoms with Gasteiger partial charge in [0.15, 0.2) is 0 Å². The van der Waals surface area contributed by atoms with Gasteiger partial charge in [-0.25, -0.2) is 4.98 Å². The predicted molar refractivity (Wildman–Crippen MR) is 81.4 cm³/mol. The molecule has 1 aromatic carbocycles. The quantitative estimate of drug-likeness (QED) is 0.861. The summed E-state index contributed by atoms with van der Waals surface area (Å²) in [5, 5.41) is 9.46. The molecule has 1 N–H and O–H groups in total. The molecule has 1 saturated carbocycles. The summed E-state index contributed by atoms with van der Waals surface area (Å²) < 4.78 is 2.11. The van der Waals surface area contributed by atoms with E-state index < -0.39 is 0 Å². The summed E-state index contributed by atoms with van der Waals surface area (Å²) in [6.45, 7) is 0.791. The summed E-state index contributed by atoms with van der Waals surface area (Å²) in [6.07, 6.45) is 11.4. The van der Waals surface area contributed by atoms with Gasteiger partial charge in [-0.2, -0.15) is 0 Å². The molecule has 0 bridgehead atoms. The Bertz CT molecular complexity index is 594. The zero-order valence-corrected chi connectivity index (χ0v) is 11.8. The fraction of sp³-hybridized carbons (Fsp3) is 0.471. The van der Waals surface area contributed by atoms with E-state index in [1.54, 1.807) is 0 Å². The molecule has 106 valence electrons. The van der Waals surface area contributed by atoms with Crippen molar-refractivity contribution in [2.24, 2.45) is 5.92 Å². The Hall–Kier alpha value is -1.61. The van der Waals surface area contributed by atoms with Crippen LogP contribution in [0.1, 0.15) is 37.9 Å². The lowest BCUT2D eigenvalue weighted by atomic mass is 9.89. The number of hydrogen-bond acceptors (Lipinski definition) is 2. The summed E-state index contributed by atoms with van der Waals surface area (Å²) in [7, 11) is 0. The van der Waals surface area contributed by atoms with Crippen molar-refractivity contribution >= 4 is 11.0 Å². The Morgan fingerprint density at radius 1 is 1.20 bits per heavy atom. The van der Waals surface area contributed by atoms with Crippen LogP contribution in [0.5, 0.6) is 0 Å². The number of fused-ring (bicyclic) bond motifs is 1. The van der Waals surface area contributed by atoms with E-state index in [-0.39, 0.29) is 6.61 Å². The van der Waals surface area contributed by atoms with Crippen LogP contribution < -0.4 is 0 Å². The average molecular weight is 270 g/mol. The van der Waals surface area contributed by atoms with E-state index in [1.165, 1.54) is 32.1 Å². The number of allylic oxidation sites excluding steroid dienone is 2. The number of para-hydroxylation sites is 2. The predicted octanol–water partition coefficient (Wildman–Crippen LogP) is 3.67. The molecule has 0 aliphatic heterocycles. The maximum atomic E-state index is 9.46. The van der Waals surface area contributed by atoms with Crippen LogP contribution in [-0.4, -0.2) is 14.7 Å². The van der Waals surface area contributed by atoms with Crippen molar-refractivity contribution in [3.05, 3.63) is 42.2 Å². The molecule has 2 aromatic rings. The molecule has 0 unspecified atom stereocenters. The second kappa shape index (κ2) is 6.23. The maximum Gasteiger partial charge on any atom is 0.135 e. The van der Waals surface area contributed by atoms with Crippen LogP contribution in [0.4, 0.5) is 0 Å². The molecule has 3 rings (SSSR count). The number of nitrogens with zero attached hydrogens (tertiary/aromatic N) is 2. The van der Waals surface area contributed by atoms with Gasteiger partial charge in [0.2, 0.25) is 0 Å². The van der Waals surface area contributed by atoms with Gasteiger partial charge in [-0.3, -0.25) is 0 Å². The molecular formula is C17H22N2O. The zero-order valence-electron chi connectivity index (χ0n) is 11.8. The molecule has 1 heterocycles. The lowest BCUT2D eigenvalue weighted by Crippen LogP contribution is -2.05. The largest absolute Gasteiger partial charge is 0.388 e. The molecule has 0 atom stereocenters. The Labute approximate surface area is 120 Å². The normalized spacial score (nSPS) is 17.2. The first-order valence-corrected chi connectivity index (χ1v) is 7.60. The van der Waals surface area contributed by atoms with Crippen LogP contribution in [0.25, 0.3) is 11.0 Å². The van der Waals surface area contributed by atoms with Crippen molar-refractivity contribution < 1.29 is 5.11 Å². The van der Waals surface area contributed by atoms with E-state index in [0.717, 1.165) is 29.3 Å². The SMILES string of the molecule is OCc1nc2ccccc2n1C/C=C/C1CCCCC1. The Morgan fingerprint density at radius 3 is 2.80 bits per heavy atom. The van der Waals surface area contributed by atoms with E-state index in [1.807, 2.05) is 18.2 Å². The fourth-order valence-corrected chi connectivity index (χ4v) is 3.14. The van der Waals surface area contributed by atoms with Crippen LogP contribution in [-0.2, 0) is 13.2 Å². The van der Waals surface area contributed by atoms with E-state index in [0.29, 0.717) is 0 Å². The second-order valence-electron chi connectivity index (χ2n) is 5.61. The summed E-state index contributed by atoms with van der Waals surface area (Å²) in [6, 6.07) is 8.07. The number of benzene rings is 1. The number of hydrogen-bond donors (Lipinski definition) is 1. The highest BCUT2D eigenvalue weighted by atomic mass is 16.3. The minimum Gasteiger partial charge on any atom is -0.388 e. The van der Waals surface area contributed by atoms with Crippen LogP contribution in [0.2, 0.25) is 0 Å². The third kappa shape index (κ3) is 2.78. The fourth-order valence-electron chi connectivity index (χ4n) is 3.14. The average Bonchev–Trinajstić information content (AvgIpc) is 2.87. The Kier molecular flexibility index (Phi) is 4.16. The van der Waals surface area contributed by atoms with Crippen LogP contribution in [0.3, 0.4) is 0 Å². The lowest BCUT2D eigenvalue weighted by molar-refractivity contribution is 0.267. The topological polar surface area (TPSA) is 38.1 Å². The van der Waals surface area contributed by atoms with Crippen LogP contribution in [0, 0.1) is 5.92 Å². The third-order valence-corrected chi connectivity index (χ3v) is 4.22. The van der Waals surface area contributed by atoms with Gasteiger partial charge in [0.05, 0.1) is 11.0 Å². The number of rotatable bonds is 4. The first kappa shape index (κ1) is 13.4. The number of imidazole rings is 1. The summed E-state index contributed by atoms with van der Waals surface area (Å²) >= 11 is 0. The molecule has 1 aromatic heterocycles.